The number of nitrogens with zero attached hydrogens (tertiary/aromatic N) is 4. The van der Waals surface area contributed by atoms with Gasteiger partial charge in [-0.2, -0.15) is 5.10 Å². The van der Waals surface area contributed by atoms with E-state index in [9.17, 15) is 0 Å². The smallest absolute Gasteiger partial charge is 0.191 e. The Morgan fingerprint density at radius 3 is 2.71 bits per heavy atom. The number of rotatable bonds is 6. The quantitative estimate of drug-likeness (QED) is 0.405. The molecule has 1 unspecified atom stereocenters. The van der Waals surface area contributed by atoms with Crippen molar-refractivity contribution in [3.05, 3.63) is 42.0 Å². The Morgan fingerprint density at radius 2 is 2.08 bits per heavy atom. The SMILES string of the molecule is CN=C(NCc1ncnn1C)NCC(C)c1ccccc1OC.I. The first-order valence-electron chi connectivity index (χ1n) is 7.56. The van der Waals surface area contributed by atoms with E-state index in [1.54, 1.807) is 18.8 Å². The van der Waals surface area contributed by atoms with E-state index < -0.39 is 0 Å². The summed E-state index contributed by atoms with van der Waals surface area (Å²) in [5, 5.41) is 10.6. The van der Waals surface area contributed by atoms with E-state index in [4.69, 9.17) is 4.74 Å². The number of benzene rings is 1. The first kappa shape index (κ1) is 20.2. The lowest BCUT2D eigenvalue weighted by molar-refractivity contribution is 0.406. The molecule has 7 nitrogen and oxygen atoms in total. The number of ether oxygens (including phenoxy) is 1. The van der Waals surface area contributed by atoms with Crippen LogP contribution in [0.3, 0.4) is 0 Å². The third-order valence-electron chi connectivity index (χ3n) is 3.69. The van der Waals surface area contributed by atoms with Gasteiger partial charge in [-0.25, -0.2) is 4.98 Å². The highest BCUT2D eigenvalue weighted by Crippen LogP contribution is 2.25. The van der Waals surface area contributed by atoms with Gasteiger partial charge >= 0.3 is 0 Å². The number of aryl methyl sites for hydroxylation is 1. The summed E-state index contributed by atoms with van der Waals surface area (Å²) in [6, 6.07) is 8.06. The summed E-state index contributed by atoms with van der Waals surface area (Å²) in [7, 11) is 5.31. The van der Waals surface area contributed by atoms with E-state index in [2.05, 4.69) is 38.7 Å². The Bertz CT molecular complexity index is 658. The molecule has 1 aromatic carbocycles. The molecule has 0 aliphatic rings. The molecule has 1 heterocycles. The molecule has 2 N–H and O–H groups in total. The highest BCUT2D eigenvalue weighted by molar-refractivity contribution is 14.0. The van der Waals surface area contributed by atoms with E-state index in [-0.39, 0.29) is 24.0 Å². The molecular weight excluding hydrogens is 419 g/mol. The van der Waals surface area contributed by atoms with Gasteiger partial charge < -0.3 is 15.4 Å². The lowest BCUT2D eigenvalue weighted by Gasteiger charge is -2.18. The molecule has 0 bridgehead atoms. The van der Waals surface area contributed by atoms with Gasteiger partial charge in [-0.15, -0.1) is 24.0 Å². The third-order valence-corrected chi connectivity index (χ3v) is 3.69. The van der Waals surface area contributed by atoms with Gasteiger partial charge in [-0.3, -0.25) is 9.67 Å². The Balaban J connectivity index is 0.00000288. The number of nitrogens with one attached hydrogen (secondary N) is 2. The van der Waals surface area contributed by atoms with Crippen LogP contribution in [0.2, 0.25) is 0 Å². The van der Waals surface area contributed by atoms with Crippen LogP contribution < -0.4 is 15.4 Å². The number of guanidine groups is 1. The number of halogens is 1. The fraction of sp³-hybridized carbons (Fsp3) is 0.438. The van der Waals surface area contributed by atoms with Crippen molar-refractivity contribution in [1.29, 1.82) is 0 Å². The van der Waals surface area contributed by atoms with Gasteiger partial charge in [-0.1, -0.05) is 25.1 Å². The Morgan fingerprint density at radius 1 is 1.33 bits per heavy atom. The summed E-state index contributed by atoms with van der Waals surface area (Å²) < 4.78 is 7.15. The van der Waals surface area contributed by atoms with Gasteiger partial charge in [0.1, 0.15) is 17.9 Å². The summed E-state index contributed by atoms with van der Waals surface area (Å²) in [5.74, 6) is 2.78. The summed E-state index contributed by atoms with van der Waals surface area (Å²) in [5.41, 5.74) is 1.17. The van der Waals surface area contributed by atoms with Crippen LogP contribution in [0.1, 0.15) is 24.2 Å². The second-order valence-electron chi connectivity index (χ2n) is 5.25. The number of aliphatic imine (C=N–C) groups is 1. The molecule has 0 amide bonds. The van der Waals surface area contributed by atoms with Gasteiger partial charge in [0.2, 0.25) is 0 Å². The predicted octanol–water partition coefficient (Wildman–Crippen LogP) is 1.91. The van der Waals surface area contributed by atoms with Gasteiger partial charge in [0.25, 0.3) is 0 Å². The molecule has 1 atom stereocenters. The molecule has 8 heteroatoms. The van der Waals surface area contributed by atoms with E-state index in [0.29, 0.717) is 12.5 Å². The molecular formula is C16H25IN6O. The number of methoxy groups -OCH3 is 1. The van der Waals surface area contributed by atoms with E-state index >= 15 is 0 Å². The summed E-state index contributed by atoms with van der Waals surface area (Å²) >= 11 is 0. The van der Waals surface area contributed by atoms with Gasteiger partial charge in [0, 0.05) is 26.6 Å². The number of hydrogen-bond donors (Lipinski definition) is 2. The molecule has 1 aromatic heterocycles. The molecule has 0 aliphatic heterocycles. The molecule has 0 radical (unpaired) electrons. The highest BCUT2D eigenvalue weighted by Gasteiger charge is 2.11. The zero-order valence-corrected chi connectivity index (χ0v) is 16.8. The van der Waals surface area contributed by atoms with Crippen molar-refractivity contribution in [3.8, 4) is 5.75 Å². The van der Waals surface area contributed by atoms with Gasteiger partial charge in [0.15, 0.2) is 5.96 Å². The van der Waals surface area contributed by atoms with Crippen LogP contribution in [0.15, 0.2) is 35.6 Å². The maximum atomic E-state index is 5.42. The second-order valence-corrected chi connectivity index (χ2v) is 5.25. The lowest BCUT2D eigenvalue weighted by atomic mass is 10.0. The van der Waals surface area contributed by atoms with Crippen molar-refractivity contribution in [2.24, 2.45) is 12.0 Å². The zero-order valence-electron chi connectivity index (χ0n) is 14.5. The van der Waals surface area contributed by atoms with Crippen molar-refractivity contribution in [3.63, 3.8) is 0 Å². The minimum absolute atomic E-state index is 0. The number of aromatic nitrogens is 3. The Hall–Kier alpha value is -1.84. The molecule has 24 heavy (non-hydrogen) atoms. The monoisotopic (exact) mass is 444 g/mol. The largest absolute Gasteiger partial charge is 0.496 e. The van der Waals surface area contributed by atoms with Crippen LogP contribution in [0.5, 0.6) is 5.75 Å². The topological polar surface area (TPSA) is 76.4 Å². The van der Waals surface area contributed by atoms with Crippen LogP contribution in [0.25, 0.3) is 0 Å². The molecule has 0 aliphatic carbocycles. The van der Waals surface area contributed by atoms with Crippen LogP contribution in [-0.2, 0) is 13.6 Å². The zero-order chi connectivity index (χ0) is 16.7. The van der Waals surface area contributed by atoms with Crippen LogP contribution in [-0.4, -0.2) is 41.4 Å². The standard InChI is InChI=1S/C16H24N6O.HI/c1-12(13-7-5-6-8-14(13)23-4)9-18-16(17-2)19-10-15-20-11-21-22(15)3;/h5-8,11-12H,9-10H2,1-4H3,(H2,17,18,19);1H. The van der Waals surface area contributed by atoms with Crippen LogP contribution >= 0.6 is 24.0 Å². The fourth-order valence-corrected chi connectivity index (χ4v) is 2.30. The first-order valence-corrected chi connectivity index (χ1v) is 7.56. The van der Waals surface area contributed by atoms with Crippen LogP contribution in [0, 0.1) is 0 Å². The first-order chi connectivity index (χ1) is 11.2. The van der Waals surface area contributed by atoms with Crippen molar-refractivity contribution in [1.82, 2.24) is 25.4 Å². The minimum atomic E-state index is 0. The predicted molar refractivity (Wildman–Crippen MR) is 106 cm³/mol. The number of hydrogen-bond acceptors (Lipinski definition) is 4. The van der Waals surface area contributed by atoms with Crippen molar-refractivity contribution in [2.75, 3.05) is 20.7 Å². The maximum absolute atomic E-state index is 5.42. The normalized spacial score (nSPS) is 12.2. The molecule has 0 fully saturated rings. The van der Waals surface area contributed by atoms with Gasteiger partial charge in [-0.05, 0) is 11.6 Å². The maximum Gasteiger partial charge on any atom is 0.191 e. The average molecular weight is 444 g/mol. The second kappa shape index (κ2) is 10.1. The van der Waals surface area contributed by atoms with Gasteiger partial charge in [0.05, 0.1) is 13.7 Å². The van der Waals surface area contributed by atoms with E-state index in [1.807, 2.05) is 25.2 Å². The molecule has 0 saturated carbocycles. The van der Waals surface area contributed by atoms with Crippen molar-refractivity contribution >= 4 is 29.9 Å². The molecule has 2 rings (SSSR count). The van der Waals surface area contributed by atoms with Crippen molar-refractivity contribution in [2.45, 2.75) is 19.4 Å². The minimum Gasteiger partial charge on any atom is -0.496 e. The van der Waals surface area contributed by atoms with E-state index in [0.717, 1.165) is 24.1 Å². The Labute approximate surface area is 159 Å². The van der Waals surface area contributed by atoms with E-state index in [1.165, 1.54) is 11.9 Å². The fourth-order valence-electron chi connectivity index (χ4n) is 2.30. The average Bonchev–Trinajstić information content (AvgIpc) is 2.99. The third kappa shape index (κ3) is 5.36. The summed E-state index contributed by atoms with van der Waals surface area (Å²) in [6.07, 6.45) is 1.54. The molecule has 0 spiro atoms. The molecule has 0 saturated heterocycles. The number of para-hydroxylation sites is 1. The summed E-state index contributed by atoms with van der Waals surface area (Å²) in [4.78, 5) is 8.41. The Kier molecular flexibility index (Phi) is 8.51. The summed E-state index contributed by atoms with van der Waals surface area (Å²) in [6.45, 7) is 3.47. The highest BCUT2D eigenvalue weighted by atomic mass is 127. The molecule has 2 aromatic rings. The lowest BCUT2D eigenvalue weighted by Crippen LogP contribution is -2.39. The van der Waals surface area contributed by atoms with Crippen LogP contribution in [0.4, 0.5) is 0 Å². The van der Waals surface area contributed by atoms with Crippen molar-refractivity contribution < 1.29 is 4.74 Å². The molecule has 132 valence electrons.